The molecule has 0 spiro atoms. The van der Waals surface area contributed by atoms with Crippen molar-refractivity contribution in [1.29, 1.82) is 0 Å². The van der Waals surface area contributed by atoms with E-state index in [9.17, 15) is 9.59 Å². The summed E-state index contributed by atoms with van der Waals surface area (Å²) in [5.41, 5.74) is 0. The fourth-order valence-corrected chi connectivity index (χ4v) is 0.475. The van der Waals surface area contributed by atoms with Gasteiger partial charge in [-0.25, -0.2) is 0 Å². The number of carbonyl (C=O) groups excluding carboxylic acids is 2. The summed E-state index contributed by atoms with van der Waals surface area (Å²) < 4.78 is 0. The Bertz CT molecular complexity index is 141. The fourth-order valence-electron chi connectivity index (χ4n) is 0.475. The lowest BCUT2D eigenvalue weighted by Crippen LogP contribution is -1.90. The molecule has 0 radical (unpaired) electrons. The van der Waals surface area contributed by atoms with Crippen LogP contribution in [0, 0.1) is 0 Å². The second kappa shape index (κ2) is 4.91. The lowest BCUT2D eigenvalue weighted by atomic mass is 10.3. The topological polar surface area (TPSA) is 34.1 Å². The third kappa shape index (κ3) is 4.01. The van der Waals surface area contributed by atoms with E-state index in [-0.39, 0.29) is 18.0 Å². The Balaban J connectivity index is 0.000000236. The molecule has 0 heterocycles. The molecule has 0 aromatic heterocycles. The van der Waals surface area contributed by atoms with Crippen LogP contribution in [0.5, 0.6) is 0 Å². The van der Waals surface area contributed by atoms with Crippen molar-refractivity contribution in [3.8, 4) is 0 Å². The molecule has 2 nitrogen and oxygen atoms in total. The van der Waals surface area contributed by atoms with Crippen LogP contribution in [0.2, 0.25) is 0 Å². The average molecular weight is 140 g/mol. The number of hydrogen-bond acceptors (Lipinski definition) is 2. The van der Waals surface area contributed by atoms with Gasteiger partial charge in [-0.05, 0) is 12.2 Å². The molecule has 0 aromatic carbocycles. The van der Waals surface area contributed by atoms with Crippen molar-refractivity contribution in [2.75, 3.05) is 0 Å². The molecule has 0 saturated heterocycles. The number of rotatable bonds is 0. The quantitative estimate of drug-likeness (QED) is 0.478. The first-order chi connectivity index (χ1) is 4.70. The van der Waals surface area contributed by atoms with Gasteiger partial charge < -0.3 is 0 Å². The van der Waals surface area contributed by atoms with Crippen molar-refractivity contribution in [3.05, 3.63) is 12.2 Å². The Morgan fingerprint density at radius 1 is 1.20 bits per heavy atom. The van der Waals surface area contributed by atoms with Gasteiger partial charge in [-0.2, -0.15) is 0 Å². The Morgan fingerprint density at radius 2 is 1.50 bits per heavy atom. The monoisotopic (exact) mass is 140 g/mol. The fraction of sp³-hybridized carbons (Fsp3) is 0.500. The summed E-state index contributed by atoms with van der Waals surface area (Å²) in [4.78, 5) is 20.3. The number of carbonyl (C=O) groups is 2. The van der Waals surface area contributed by atoms with Crippen LogP contribution in [0.1, 0.15) is 26.7 Å². The van der Waals surface area contributed by atoms with Gasteiger partial charge >= 0.3 is 0 Å². The van der Waals surface area contributed by atoms with Crippen LogP contribution in [-0.4, -0.2) is 11.6 Å². The van der Waals surface area contributed by atoms with E-state index in [1.54, 1.807) is 0 Å². The van der Waals surface area contributed by atoms with E-state index in [2.05, 4.69) is 13.8 Å². The molecule has 1 rings (SSSR count). The summed E-state index contributed by atoms with van der Waals surface area (Å²) in [6.07, 6.45) is 3.95. The highest BCUT2D eigenvalue weighted by Crippen LogP contribution is 1.97. The largest absolute Gasteiger partial charge is 0.294 e. The van der Waals surface area contributed by atoms with Crippen LogP contribution in [0.25, 0.3) is 0 Å². The van der Waals surface area contributed by atoms with Crippen molar-refractivity contribution in [3.63, 3.8) is 0 Å². The van der Waals surface area contributed by atoms with Gasteiger partial charge in [0.25, 0.3) is 0 Å². The third-order valence-electron chi connectivity index (χ3n) is 0.804. The number of hydrogen-bond donors (Lipinski definition) is 0. The molecule has 0 atom stereocenters. The van der Waals surface area contributed by atoms with Crippen molar-refractivity contribution < 1.29 is 9.59 Å². The van der Waals surface area contributed by atoms with Gasteiger partial charge in [-0.3, -0.25) is 9.59 Å². The van der Waals surface area contributed by atoms with Crippen molar-refractivity contribution in [1.82, 2.24) is 0 Å². The van der Waals surface area contributed by atoms with Gasteiger partial charge in [-0.15, -0.1) is 0 Å². The summed E-state index contributed by atoms with van der Waals surface area (Å²) in [7, 11) is 0. The first-order valence-electron chi connectivity index (χ1n) is 3.44. The summed E-state index contributed by atoms with van der Waals surface area (Å²) in [6.45, 7) is 4.25. The maximum atomic E-state index is 10.1. The van der Waals surface area contributed by atoms with Crippen molar-refractivity contribution in [2.45, 2.75) is 26.7 Å². The second-order valence-corrected chi connectivity index (χ2v) is 2.15. The van der Waals surface area contributed by atoms with E-state index in [0.29, 0.717) is 0 Å². The molecule has 2 heteroatoms. The molecule has 0 bridgehead atoms. The van der Waals surface area contributed by atoms with Crippen molar-refractivity contribution in [2.24, 2.45) is 0 Å². The highest BCUT2D eigenvalue weighted by Gasteiger charge is 2.09. The minimum absolute atomic E-state index is 0.0787. The lowest BCUT2D eigenvalue weighted by molar-refractivity contribution is -0.120. The maximum absolute atomic E-state index is 10.1. The van der Waals surface area contributed by atoms with Crippen molar-refractivity contribution >= 4 is 11.6 Å². The van der Waals surface area contributed by atoms with Crippen LogP contribution in [0.3, 0.4) is 0 Å². The normalized spacial score (nSPS) is 15.0. The molecule has 0 aromatic rings. The highest BCUT2D eigenvalue weighted by molar-refractivity contribution is 6.16. The summed E-state index contributed by atoms with van der Waals surface area (Å²) in [6, 6.07) is 0. The van der Waals surface area contributed by atoms with Gasteiger partial charge in [0.1, 0.15) is 0 Å². The molecule has 0 saturated carbocycles. The van der Waals surface area contributed by atoms with E-state index in [1.165, 1.54) is 18.6 Å². The SMILES string of the molecule is CCC.O=C1C=CC(=O)C1. The number of allylic oxidation sites excluding steroid dienone is 2. The Labute approximate surface area is 60.9 Å². The molecule has 0 amide bonds. The second-order valence-electron chi connectivity index (χ2n) is 2.15. The molecule has 0 unspecified atom stereocenters. The first kappa shape index (κ1) is 9.08. The molecule has 56 valence electrons. The zero-order chi connectivity index (χ0) is 7.98. The first-order valence-corrected chi connectivity index (χ1v) is 3.44. The van der Waals surface area contributed by atoms with Gasteiger partial charge in [0.15, 0.2) is 11.6 Å². The van der Waals surface area contributed by atoms with E-state index in [4.69, 9.17) is 0 Å². The summed E-state index contributed by atoms with van der Waals surface area (Å²) >= 11 is 0. The van der Waals surface area contributed by atoms with Crippen LogP contribution in [-0.2, 0) is 9.59 Å². The van der Waals surface area contributed by atoms with Crippen LogP contribution >= 0.6 is 0 Å². The Kier molecular flexibility index (Phi) is 4.46. The summed E-state index contributed by atoms with van der Waals surface area (Å²) in [5, 5.41) is 0. The van der Waals surface area contributed by atoms with Gasteiger partial charge in [0.2, 0.25) is 0 Å². The predicted molar refractivity (Wildman–Crippen MR) is 39.7 cm³/mol. The zero-order valence-electron chi connectivity index (χ0n) is 6.39. The van der Waals surface area contributed by atoms with E-state index < -0.39 is 0 Å². The zero-order valence-corrected chi connectivity index (χ0v) is 6.39. The lowest BCUT2D eigenvalue weighted by Gasteiger charge is -1.72. The Morgan fingerprint density at radius 3 is 1.60 bits per heavy atom. The van der Waals surface area contributed by atoms with E-state index in [1.807, 2.05) is 0 Å². The minimum Gasteiger partial charge on any atom is -0.294 e. The summed E-state index contributed by atoms with van der Waals surface area (Å²) in [5.74, 6) is -0.157. The molecule has 0 fully saturated rings. The molecular weight excluding hydrogens is 128 g/mol. The van der Waals surface area contributed by atoms with Crippen LogP contribution < -0.4 is 0 Å². The molecule has 0 N–H and O–H groups in total. The van der Waals surface area contributed by atoms with E-state index in [0.717, 1.165) is 0 Å². The smallest absolute Gasteiger partial charge is 0.163 e. The standard InChI is InChI=1S/C5H4O2.C3H8/c6-4-1-2-5(7)3-4;1-3-2/h1-2H,3H2;3H2,1-2H3. The number of ketones is 2. The molecule has 10 heavy (non-hydrogen) atoms. The van der Waals surface area contributed by atoms with Gasteiger partial charge in [0, 0.05) is 0 Å². The minimum atomic E-state index is -0.0787. The molecule has 1 aliphatic carbocycles. The predicted octanol–water partition coefficient (Wildman–Crippen LogP) is 1.50. The maximum Gasteiger partial charge on any atom is 0.163 e. The van der Waals surface area contributed by atoms with Gasteiger partial charge in [0.05, 0.1) is 6.42 Å². The van der Waals surface area contributed by atoms with Gasteiger partial charge in [-0.1, -0.05) is 20.3 Å². The van der Waals surface area contributed by atoms with E-state index >= 15 is 0 Å². The van der Waals surface area contributed by atoms with Crippen LogP contribution in [0.15, 0.2) is 12.2 Å². The average Bonchev–Trinajstić information content (AvgIpc) is 2.17. The molecular formula is C8H12O2. The third-order valence-corrected chi connectivity index (χ3v) is 0.804. The Hall–Kier alpha value is -0.920. The molecule has 0 aliphatic heterocycles. The molecule has 1 aliphatic rings. The highest BCUT2D eigenvalue weighted by atomic mass is 16.1. The van der Waals surface area contributed by atoms with Crippen LogP contribution in [0.4, 0.5) is 0 Å².